The first-order valence-corrected chi connectivity index (χ1v) is 5.33. The molecule has 5 nitrogen and oxygen atoms in total. The number of aromatic nitrogens is 3. The Bertz CT molecular complexity index is 334. The molecule has 0 aliphatic heterocycles. The van der Waals surface area contributed by atoms with E-state index in [0.29, 0.717) is 6.04 Å². The van der Waals surface area contributed by atoms with Crippen molar-refractivity contribution in [1.82, 2.24) is 14.8 Å². The van der Waals surface area contributed by atoms with Crippen LogP contribution >= 0.6 is 11.8 Å². The van der Waals surface area contributed by atoms with Crippen molar-refractivity contribution in [3.05, 3.63) is 5.82 Å². The van der Waals surface area contributed by atoms with Gasteiger partial charge in [-0.25, -0.2) is 0 Å². The SMILES string of the molecule is Cc1nnc(SCC(N)=O)n1C(C)C. The maximum Gasteiger partial charge on any atom is 0.227 e. The van der Waals surface area contributed by atoms with Crippen LogP contribution in [0.3, 0.4) is 0 Å². The maximum absolute atomic E-state index is 10.6. The van der Waals surface area contributed by atoms with Crippen molar-refractivity contribution >= 4 is 17.7 Å². The molecule has 0 atom stereocenters. The number of nitrogens with zero attached hydrogens (tertiary/aromatic N) is 3. The molecular formula is C8H14N4OS. The molecule has 0 aromatic carbocycles. The summed E-state index contributed by atoms with van der Waals surface area (Å²) in [5.74, 6) is 0.753. The molecule has 0 saturated carbocycles. The molecule has 0 fully saturated rings. The fourth-order valence-corrected chi connectivity index (χ4v) is 2.03. The van der Waals surface area contributed by atoms with Crippen LogP contribution in [0.4, 0.5) is 0 Å². The van der Waals surface area contributed by atoms with Gasteiger partial charge in [-0.3, -0.25) is 4.79 Å². The summed E-state index contributed by atoms with van der Waals surface area (Å²) < 4.78 is 1.98. The normalized spacial score (nSPS) is 10.9. The van der Waals surface area contributed by atoms with Crippen LogP contribution in [0.15, 0.2) is 5.16 Å². The molecule has 1 aromatic heterocycles. The number of hydrogen-bond donors (Lipinski definition) is 1. The van der Waals surface area contributed by atoms with Crippen LogP contribution in [0, 0.1) is 6.92 Å². The zero-order valence-electron chi connectivity index (χ0n) is 8.52. The minimum Gasteiger partial charge on any atom is -0.369 e. The molecule has 0 aliphatic rings. The highest BCUT2D eigenvalue weighted by molar-refractivity contribution is 7.99. The van der Waals surface area contributed by atoms with Gasteiger partial charge >= 0.3 is 0 Å². The molecule has 0 saturated heterocycles. The Kier molecular flexibility index (Phi) is 3.51. The lowest BCUT2D eigenvalue weighted by molar-refractivity contribution is -0.115. The molecule has 0 unspecified atom stereocenters. The summed E-state index contributed by atoms with van der Waals surface area (Å²) in [5, 5.41) is 8.68. The average Bonchev–Trinajstić information content (AvgIpc) is 2.43. The first kappa shape index (κ1) is 11.0. The first-order chi connectivity index (χ1) is 6.52. The van der Waals surface area contributed by atoms with Gasteiger partial charge in [0.05, 0.1) is 5.75 Å². The van der Waals surface area contributed by atoms with E-state index in [0.717, 1.165) is 11.0 Å². The Hall–Kier alpha value is -1.04. The van der Waals surface area contributed by atoms with E-state index in [1.807, 2.05) is 25.3 Å². The average molecular weight is 214 g/mol. The molecule has 14 heavy (non-hydrogen) atoms. The van der Waals surface area contributed by atoms with Crippen LogP contribution < -0.4 is 5.73 Å². The second-order valence-electron chi connectivity index (χ2n) is 3.25. The quantitative estimate of drug-likeness (QED) is 0.750. The van der Waals surface area contributed by atoms with E-state index in [9.17, 15) is 4.79 Å². The van der Waals surface area contributed by atoms with Gasteiger partial charge < -0.3 is 10.3 Å². The minimum atomic E-state index is -0.342. The molecule has 6 heteroatoms. The molecule has 0 spiro atoms. The van der Waals surface area contributed by atoms with Crippen molar-refractivity contribution in [1.29, 1.82) is 0 Å². The summed E-state index contributed by atoms with van der Waals surface area (Å²) in [7, 11) is 0. The Morgan fingerprint density at radius 1 is 1.57 bits per heavy atom. The summed E-state index contributed by atoms with van der Waals surface area (Å²) in [4.78, 5) is 10.6. The number of thioether (sulfide) groups is 1. The highest BCUT2D eigenvalue weighted by atomic mass is 32.2. The molecule has 1 heterocycles. The molecule has 0 aliphatic carbocycles. The van der Waals surface area contributed by atoms with Gasteiger partial charge in [-0.1, -0.05) is 11.8 Å². The largest absolute Gasteiger partial charge is 0.369 e. The van der Waals surface area contributed by atoms with Crippen LogP contribution in [-0.4, -0.2) is 26.4 Å². The first-order valence-electron chi connectivity index (χ1n) is 4.35. The topological polar surface area (TPSA) is 73.8 Å². The summed E-state index contributed by atoms with van der Waals surface area (Å²) in [5.41, 5.74) is 5.06. The van der Waals surface area contributed by atoms with Gasteiger partial charge in [-0.2, -0.15) is 0 Å². The smallest absolute Gasteiger partial charge is 0.227 e. The number of carbonyl (C=O) groups excluding carboxylic acids is 1. The predicted molar refractivity (Wildman–Crippen MR) is 55.1 cm³/mol. The number of amides is 1. The molecular weight excluding hydrogens is 200 g/mol. The van der Waals surface area contributed by atoms with Crippen LogP contribution in [-0.2, 0) is 4.79 Å². The molecule has 0 bridgehead atoms. The van der Waals surface area contributed by atoms with Crippen molar-refractivity contribution in [2.75, 3.05) is 5.75 Å². The van der Waals surface area contributed by atoms with Gasteiger partial charge in [-0.05, 0) is 20.8 Å². The standard InChI is InChI=1S/C8H14N4OS/c1-5(2)12-6(3)10-11-8(12)14-4-7(9)13/h5H,4H2,1-3H3,(H2,9,13). The summed E-state index contributed by atoms with van der Waals surface area (Å²) in [6.07, 6.45) is 0. The second-order valence-corrected chi connectivity index (χ2v) is 4.19. The van der Waals surface area contributed by atoms with Crippen LogP contribution in [0.1, 0.15) is 25.7 Å². The number of carbonyl (C=O) groups is 1. The third-order valence-electron chi connectivity index (χ3n) is 1.69. The minimum absolute atomic E-state index is 0.241. The summed E-state index contributed by atoms with van der Waals surface area (Å²) >= 11 is 1.32. The summed E-state index contributed by atoms with van der Waals surface area (Å²) in [6, 6.07) is 0.292. The van der Waals surface area contributed by atoms with E-state index in [1.54, 1.807) is 0 Å². The van der Waals surface area contributed by atoms with E-state index < -0.39 is 0 Å². The van der Waals surface area contributed by atoms with E-state index in [4.69, 9.17) is 5.73 Å². The number of hydrogen-bond acceptors (Lipinski definition) is 4. The lowest BCUT2D eigenvalue weighted by Gasteiger charge is -2.10. The Morgan fingerprint density at radius 2 is 2.21 bits per heavy atom. The molecule has 0 radical (unpaired) electrons. The van der Waals surface area contributed by atoms with Gasteiger partial charge in [-0.15, -0.1) is 10.2 Å². The van der Waals surface area contributed by atoms with Crippen LogP contribution in [0.5, 0.6) is 0 Å². The van der Waals surface area contributed by atoms with Gasteiger partial charge in [0, 0.05) is 6.04 Å². The number of rotatable bonds is 4. The van der Waals surface area contributed by atoms with E-state index in [2.05, 4.69) is 10.2 Å². The summed E-state index contributed by atoms with van der Waals surface area (Å²) in [6.45, 7) is 5.98. The van der Waals surface area contributed by atoms with Gasteiger partial charge in [0.2, 0.25) is 5.91 Å². The lowest BCUT2D eigenvalue weighted by atomic mass is 10.4. The van der Waals surface area contributed by atoms with E-state index >= 15 is 0 Å². The zero-order chi connectivity index (χ0) is 10.7. The lowest BCUT2D eigenvalue weighted by Crippen LogP contribution is -2.14. The van der Waals surface area contributed by atoms with Crippen molar-refractivity contribution in [2.24, 2.45) is 5.73 Å². The number of aryl methyl sites for hydroxylation is 1. The number of primary amides is 1. The second kappa shape index (κ2) is 4.45. The highest BCUT2D eigenvalue weighted by Gasteiger charge is 2.12. The fraction of sp³-hybridized carbons (Fsp3) is 0.625. The third-order valence-corrected chi connectivity index (χ3v) is 2.66. The van der Waals surface area contributed by atoms with Gasteiger partial charge in [0.25, 0.3) is 0 Å². The number of nitrogens with two attached hydrogens (primary N) is 1. The van der Waals surface area contributed by atoms with E-state index in [1.165, 1.54) is 11.8 Å². The predicted octanol–water partition coefficient (Wildman–Crippen LogP) is 0.745. The Balaban J connectivity index is 2.81. The Labute approximate surface area is 87.1 Å². The molecule has 2 N–H and O–H groups in total. The van der Waals surface area contributed by atoms with Crippen molar-refractivity contribution in [2.45, 2.75) is 32.0 Å². The van der Waals surface area contributed by atoms with Crippen LogP contribution in [0.2, 0.25) is 0 Å². The zero-order valence-corrected chi connectivity index (χ0v) is 9.34. The van der Waals surface area contributed by atoms with Gasteiger partial charge in [0.1, 0.15) is 5.82 Å². The third kappa shape index (κ3) is 2.47. The van der Waals surface area contributed by atoms with Crippen molar-refractivity contribution in [3.63, 3.8) is 0 Å². The fourth-order valence-electron chi connectivity index (χ4n) is 1.18. The molecule has 1 amide bonds. The Morgan fingerprint density at radius 3 is 2.71 bits per heavy atom. The van der Waals surface area contributed by atoms with Gasteiger partial charge in [0.15, 0.2) is 5.16 Å². The molecule has 78 valence electrons. The molecule has 1 aromatic rings. The van der Waals surface area contributed by atoms with Crippen molar-refractivity contribution in [3.8, 4) is 0 Å². The highest BCUT2D eigenvalue weighted by Crippen LogP contribution is 2.20. The molecule has 1 rings (SSSR count). The van der Waals surface area contributed by atoms with E-state index in [-0.39, 0.29) is 11.7 Å². The maximum atomic E-state index is 10.6. The van der Waals surface area contributed by atoms with Crippen molar-refractivity contribution < 1.29 is 4.79 Å². The van der Waals surface area contributed by atoms with Crippen LogP contribution in [0.25, 0.3) is 0 Å². The monoisotopic (exact) mass is 214 g/mol.